The molecular weight excluding hydrogens is 318 g/mol. The van der Waals surface area contributed by atoms with Crippen LogP contribution in [0.5, 0.6) is 0 Å². The number of hydrogen-bond acceptors (Lipinski definition) is 2. The molecule has 0 atom stereocenters. The van der Waals surface area contributed by atoms with E-state index in [2.05, 4.69) is 49.8 Å². The lowest BCUT2D eigenvalue weighted by Gasteiger charge is -2.11. The van der Waals surface area contributed by atoms with E-state index in [4.69, 9.17) is 11.5 Å². The summed E-state index contributed by atoms with van der Waals surface area (Å²) in [5.41, 5.74) is 13.8. The standard InChI is InChI=1S/C14H16BrN5/c1-2-10-8-11(15)5-6-13(10)20-7-3-4-12(20)9-18-19-14(16)17/h3-9H,2H2,1H3,(H4,16,17,19)/b18-9+. The van der Waals surface area contributed by atoms with Gasteiger partial charge in [-0.1, -0.05) is 22.9 Å². The monoisotopic (exact) mass is 333 g/mol. The van der Waals surface area contributed by atoms with Gasteiger partial charge in [-0.3, -0.25) is 0 Å². The van der Waals surface area contributed by atoms with Crippen LogP contribution in [0.15, 0.2) is 51.2 Å². The van der Waals surface area contributed by atoms with Crippen LogP contribution in [-0.4, -0.2) is 16.7 Å². The fourth-order valence-corrected chi connectivity index (χ4v) is 2.35. The lowest BCUT2D eigenvalue weighted by molar-refractivity contribution is 1.00. The van der Waals surface area contributed by atoms with E-state index in [1.807, 2.05) is 24.4 Å². The summed E-state index contributed by atoms with van der Waals surface area (Å²) in [6.45, 7) is 2.13. The molecule has 0 aliphatic heterocycles. The van der Waals surface area contributed by atoms with Crippen molar-refractivity contribution in [1.29, 1.82) is 0 Å². The molecule has 0 unspecified atom stereocenters. The third-order valence-corrected chi connectivity index (χ3v) is 3.32. The van der Waals surface area contributed by atoms with E-state index in [1.54, 1.807) is 6.21 Å². The van der Waals surface area contributed by atoms with Gasteiger partial charge in [0.15, 0.2) is 0 Å². The molecule has 6 heteroatoms. The third kappa shape index (κ3) is 3.27. The van der Waals surface area contributed by atoms with Crippen molar-refractivity contribution in [3.8, 4) is 5.69 Å². The molecule has 1 heterocycles. The summed E-state index contributed by atoms with van der Waals surface area (Å²) in [4.78, 5) is 0. The van der Waals surface area contributed by atoms with Crippen LogP contribution in [0.1, 0.15) is 18.2 Å². The van der Waals surface area contributed by atoms with Crippen LogP contribution in [0, 0.1) is 0 Å². The van der Waals surface area contributed by atoms with Crippen molar-refractivity contribution in [3.05, 3.63) is 52.3 Å². The van der Waals surface area contributed by atoms with Gasteiger partial charge in [0.2, 0.25) is 5.96 Å². The van der Waals surface area contributed by atoms with Crippen molar-refractivity contribution >= 4 is 28.1 Å². The average molecular weight is 334 g/mol. The average Bonchev–Trinajstić information content (AvgIpc) is 2.86. The number of nitrogens with two attached hydrogens (primary N) is 2. The molecule has 0 fully saturated rings. The Balaban J connectivity index is 2.42. The summed E-state index contributed by atoms with van der Waals surface area (Å²) < 4.78 is 3.12. The SMILES string of the molecule is CCc1cc(Br)ccc1-n1cccc1/C=N/N=C(N)N. The van der Waals surface area contributed by atoms with Gasteiger partial charge in [0.1, 0.15) is 0 Å². The minimum Gasteiger partial charge on any atom is -0.369 e. The molecule has 0 saturated heterocycles. The van der Waals surface area contributed by atoms with Crippen molar-refractivity contribution < 1.29 is 0 Å². The molecule has 4 N–H and O–H groups in total. The summed E-state index contributed by atoms with van der Waals surface area (Å²) in [6, 6.07) is 10.1. The summed E-state index contributed by atoms with van der Waals surface area (Å²) in [5.74, 6) is -0.0581. The minimum atomic E-state index is -0.0581. The van der Waals surface area contributed by atoms with Crippen LogP contribution < -0.4 is 11.5 Å². The van der Waals surface area contributed by atoms with E-state index in [1.165, 1.54) is 5.56 Å². The molecule has 0 spiro atoms. The number of aromatic nitrogens is 1. The Bertz CT molecular complexity index is 653. The van der Waals surface area contributed by atoms with Crippen molar-refractivity contribution in [2.45, 2.75) is 13.3 Å². The molecule has 5 nitrogen and oxygen atoms in total. The molecular formula is C14H16BrN5. The highest BCUT2D eigenvalue weighted by molar-refractivity contribution is 9.10. The van der Waals surface area contributed by atoms with E-state index in [0.717, 1.165) is 22.3 Å². The molecule has 104 valence electrons. The first-order valence-electron chi connectivity index (χ1n) is 6.20. The van der Waals surface area contributed by atoms with E-state index in [9.17, 15) is 0 Å². The molecule has 0 amide bonds. The Hall–Kier alpha value is -2.08. The number of aryl methyl sites for hydroxylation is 1. The minimum absolute atomic E-state index is 0.0581. The van der Waals surface area contributed by atoms with E-state index >= 15 is 0 Å². The highest BCUT2D eigenvalue weighted by atomic mass is 79.9. The summed E-state index contributed by atoms with van der Waals surface area (Å²) in [6.07, 6.45) is 4.55. The van der Waals surface area contributed by atoms with Gasteiger partial charge in [0, 0.05) is 16.4 Å². The Labute approximate surface area is 126 Å². The zero-order valence-corrected chi connectivity index (χ0v) is 12.7. The quantitative estimate of drug-likeness (QED) is 0.511. The summed E-state index contributed by atoms with van der Waals surface area (Å²) in [7, 11) is 0. The zero-order chi connectivity index (χ0) is 14.5. The second-order valence-corrected chi connectivity index (χ2v) is 5.11. The molecule has 0 aliphatic carbocycles. The van der Waals surface area contributed by atoms with Crippen molar-refractivity contribution in [2.24, 2.45) is 21.7 Å². The zero-order valence-electron chi connectivity index (χ0n) is 11.1. The number of rotatable bonds is 4. The fourth-order valence-electron chi connectivity index (χ4n) is 1.95. The van der Waals surface area contributed by atoms with Gasteiger partial charge >= 0.3 is 0 Å². The van der Waals surface area contributed by atoms with Gasteiger partial charge in [0.05, 0.1) is 11.9 Å². The first-order valence-corrected chi connectivity index (χ1v) is 6.99. The summed E-state index contributed by atoms with van der Waals surface area (Å²) >= 11 is 3.50. The largest absolute Gasteiger partial charge is 0.369 e. The Morgan fingerprint density at radius 3 is 2.85 bits per heavy atom. The molecule has 1 aromatic carbocycles. The predicted octanol–water partition coefficient (Wildman–Crippen LogP) is 2.41. The highest BCUT2D eigenvalue weighted by Gasteiger charge is 2.06. The number of guanidine groups is 1. The second-order valence-electron chi connectivity index (χ2n) is 4.20. The maximum atomic E-state index is 5.25. The topological polar surface area (TPSA) is 81.7 Å². The van der Waals surface area contributed by atoms with Gasteiger partial charge in [-0.25, -0.2) is 0 Å². The Morgan fingerprint density at radius 2 is 2.15 bits per heavy atom. The third-order valence-electron chi connectivity index (χ3n) is 2.83. The van der Waals surface area contributed by atoms with E-state index in [-0.39, 0.29) is 5.96 Å². The molecule has 2 aromatic rings. The number of benzene rings is 1. The van der Waals surface area contributed by atoms with Crippen LogP contribution in [0.4, 0.5) is 0 Å². The van der Waals surface area contributed by atoms with Gasteiger partial charge in [-0.2, -0.15) is 5.10 Å². The van der Waals surface area contributed by atoms with Crippen LogP contribution in [0.2, 0.25) is 0 Å². The van der Waals surface area contributed by atoms with Crippen LogP contribution in [0.25, 0.3) is 5.69 Å². The number of hydrogen-bond donors (Lipinski definition) is 2. The van der Waals surface area contributed by atoms with Gasteiger partial charge in [0.25, 0.3) is 0 Å². The van der Waals surface area contributed by atoms with Gasteiger partial charge < -0.3 is 16.0 Å². The smallest absolute Gasteiger partial charge is 0.211 e. The second kappa shape index (κ2) is 6.38. The van der Waals surface area contributed by atoms with E-state index in [0.29, 0.717) is 0 Å². The molecule has 2 rings (SSSR count). The lowest BCUT2D eigenvalue weighted by Crippen LogP contribution is -2.21. The first kappa shape index (κ1) is 14.3. The summed E-state index contributed by atoms with van der Waals surface area (Å²) in [5, 5.41) is 7.47. The van der Waals surface area contributed by atoms with Crippen LogP contribution in [0.3, 0.4) is 0 Å². The highest BCUT2D eigenvalue weighted by Crippen LogP contribution is 2.22. The molecule has 0 radical (unpaired) electrons. The lowest BCUT2D eigenvalue weighted by atomic mass is 10.1. The van der Waals surface area contributed by atoms with Crippen molar-refractivity contribution in [3.63, 3.8) is 0 Å². The maximum Gasteiger partial charge on any atom is 0.211 e. The Kier molecular flexibility index (Phi) is 4.57. The van der Waals surface area contributed by atoms with Crippen LogP contribution >= 0.6 is 15.9 Å². The first-order chi connectivity index (χ1) is 9.61. The van der Waals surface area contributed by atoms with E-state index < -0.39 is 0 Å². The van der Waals surface area contributed by atoms with Crippen molar-refractivity contribution in [1.82, 2.24) is 4.57 Å². The molecule has 0 saturated carbocycles. The van der Waals surface area contributed by atoms with Gasteiger partial charge in [-0.05, 0) is 42.3 Å². The molecule has 0 aliphatic rings. The Morgan fingerprint density at radius 1 is 1.35 bits per heavy atom. The molecule has 0 bridgehead atoms. The van der Waals surface area contributed by atoms with Crippen molar-refractivity contribution in [2.75, 3.05) is 0 Å². The molecule has 1 aromatic heterocycles. The molecule has 20 heavy (non-hydrogen) atoms. The normalized spacial score (nSPS) is 10.9. The number of halogens is 1. The fraction of sp³-hybridized carbons (Fsp3) is 0.143. The van der Waals surface area contributed by atoms with Gasteiger partial charge in [-0.15, -0.1) is 5.10 Å². The predicted molar refractivity (Wildman–Crippen MR) is 86.3 cm³/mol. The van der Waals surface area contributed by atoms with Crippen LogP contribution in [-0.2, 0) is 6.42 Å². The maximum absolute atomic E-state index is 5.25. The number of nitrogens with zero attached hydrogens (tertiary/aromatic N) is 3.